The van der Waals surface area contributed by atoms with Crippen LogP contribution in [0.25, 0.3) is 0 Å². The average molecular weight is 405 g/mol. The number of hydrogen-bond donors (Lipinski definition) is 1. The first-order valence-corrected chi connectivity index (χ1v) is 9.76. The number of nitro groups is 1. The zero-order valence-corrected chi connectivity index (χ0v) is 17.0. The van der Waals surface area contributed by atoms with Crippen molar-refractivity contribution >= 4 is 17.9 Å². The first kappa shape index (κ1) is 20.9. The maximum absolute atomic E-state index is 12.2. The molecule has 1 atom stereocenters. The standard InChI is InChI=1S/C20H27N3O6/c1-19(2,3)29-18(25)22-10-8-20(9-11-22)12-14(20)13-21-17(24)28-16-6-4-15(5-7-16)23(26)27/h4-7,14H,8-13H2,1-3H3,(H,21,24). The van der Waals surface area contributed by atoms with Gasteiger partial charge in [-0.25, -0.2) is 9.59 Å². The van der Waals surface area contributed by atoms with Crippen LogP contribution in [-0.4, -0.2) is 47.2 Å². The van der Waals surface area contributed by atoms with E-state index in [1.165, 1.54) is 24.3 Å². The topological polar surface area (TPSA) is 111 Å². The molecule has 9 nitrogen and oxygen atoms in total. The lowest BCUT2D eigenvalue weighted by Gasteiger charge is -2.34. The molecule has 1 heterocycles. The van der Waals surface area contributed by atoms with Crippen LogP contribution in [0.1, 0.15) is 40.0 Å². The molecule has 1 spiro atoms. The Morgan fingerprint density at radius 2 is 1.86 bits per heavy atom. The van der Waals surface area contributed by atoms with E-state index in [0.29, 0.717) is 25.6 Å². The first-order valence-electron chi connectivity index (χ1n) is 9.76. The van der Waals surface area contributed by atoms with E-state index in [1.54, 1.807) is 4.90 Å². The molecule has 2 fully saturated rings. The van der Waals surface area contributed by atoms with Crippen LogP contribution in [0, 0.1) is 21.4 Å². The second kappa shape index (κ2) is 7.88. The van der Waals surface area contributed by atoms with Crippen LogP contribution in [0.4, 0.5) is 15.3 Å². The molecule has 1 aliphatic carbocycles. The molecular formula is C20H27N3O6. The number of amides is 2. The zero-order valence-electron chi connectivity index (χ0n) is 17.0. The molecule has 1 unspecified atom stereocenters. The number of carbonyl (C=O) groups is 2. The summed E-state index contributed by atoms with van der Waals surface area (Å²) in [6, 6.07) is 5.36. The van der Waals surface area contributed by atoms with E-state index in [2.05, 4.69) is 5.32 Å². The average Bonchev–Trinajstić information content (AvgIpc) is 3.31. The van der Waals surface area contributed by atoms with Crippen LogP contribution >= 0.6 is 0 Å². The molecule has 1 saturated heterocycles. The van der Waals surface area contributed by atoms with Crippen molar-refractivity contribution in [1.82, 2.24) is 10.2 Å². The summed E-state index contributed by atoms with van der Waals surface area (Å²) in [5, 5.41) is 13.4. The summed E-state index contributed by atoms with van der Waals surface area (Å²) >= 11 is 0. The Morgan fingerprint density at radius 1 is 1.24 bits per heavy atom. The van der Waals surface area contributed by atoms with Crippen molar-refractivity contribution in [1.29, 1.82) is 0 Å². The molecule has 9 heteroatoms. The summed E-state index contributed by atoms with van der Waals surface area (Å²) in [4.78, 5) is 36.0. The highest BCUT2D eigenvalue weighted by Gasteiger charge is 2.55. The Morgan fingerprint density at radius 3 is 2.41 bits per heavy atom. The minimum absolute atomic E-state index is 0.0598. The van der Waals surface area contributed by atoms with Crippen LogP contribution in [0.5, 0.6) is 5.75 Å². The Kier molecular flexibility index (Phi) is 5.68. The third-order valence-electron chi connectivity index (χ3n) is 5.52. The summed E-state index contributed by atoms with van der Waals surface area (Å²) < 4.78 is 10.6. The fourth-order valence-electron chi connectivity index (χ4n) is 3.78. The van der Waals surface area contributed by atoms with Gasteiger partial charge in [-0.1, -0.05) is 0 Å². The maximum atomic E-state index is 12.2. The van der Waals surface area contributed by atoms with Gasteiger partial charge in [0.05, 0.1) is 4.92 Å². The number of nitrogens with one attached hydrogen (secondary N) is 1. The lowest BCUT2D eigenvalue weighted by molar-refractivity contribution is -0.384. The molecule has 1 aromatic rings. The monoisotopic (exact) mass is 405 g/mol. The third-order valence-corrected chi connectivity index (χ3v) is 5.52. The fraction of sp³-hybridized carbons (Fsp3) is 0.600. The molecule has 0 bridgehead atoms. The van der Waals surface area contributed by atoms with Gasteiger partial charge in [-0.2, -0.15) is 0 Å². The Labute approximate surface area is 169 Å². The van der Waals surface area contributed by atoms with E-state index in [-0.39, 0.29) is 22.9 Å². The molecule has 1 aliphatic heterocycles. The van der Waals surface area contributed by atoms with E-state index in [1.807, 2.05) is 20.8 Å². The number of rotatable bonds is 4. The highest BCUT2D eigenvalue weighted by atomic mass is 16.6. The van der Waals surface area contributed by atoms with Crippen LogP contribution in [0.3, 0.4) is 0 Å². The fourth-order valence-corrected chi connectivity index (χ4v) is 3.78. The molecule has 1 N–H and O–H groups in total. The number of ether oxygens (including phenoxy) is 2. The zero-order chi connectivity index (χ0) is 21.2. The first-order chi connectivity index (χ1) is 13.6. The van der Waals surface area contributed by atoms with Crippen LogP contribution < -0.4 is 10.1 Å². The number of nitro benzene ring substituents is 1. The highest BCUT2D eigenvalue weighted by Crippen LogP contribution is 2.59. The smallest absolute Gasteiger partial charge is 0.412 e. The Balaban J connectivity index is 1.39. The van der Waals surface area contributed by atoms with Crippen LogP contribution in [-0.2, 0) is 4.74 Å². The SMILES string of the molecule is CC(C)(C)OC(=O)N1CCC2(CC1)CC2CNC(=O)Oc1ccc([N+](=O)[O-])cc1. The van der Waals surface area contributed by atoms with Gasteiger partial charge in [-0.05, 0) is 63.5 Å². The lowest BCUT2D eigenvalue weighted by atomic mass is 9.91. The number of benzene rings is 1. The van der Waals surface area contributed by atoms with Crippen molar-refractivity contribution in [2.45, 2.75) is 45.6 Å². The van der Waals surface area contributed by atoms with Crippen molar-refractivity contribution in [3.8, 4) is 5.75 Å². The van der Waals surface area contributed by atoms with Gasteiger partial charge in [0.1, 0.15) is 11.4 Å². The van der Waals surface area contributed by atoms with Gasteiger partial charge in [-0.3, -0.25) is 10.1 Å². The molecule has 3 rings (SSSR count). The molecule has 2 amide bonds. The van der Waals surface area contributed by atoms with E-state index >= 15 is 0 Å². The quantitative estimate of drug-likeness (QED) is 0.604. The predicted octanol–water partition coefficient (Wildman–Crippen LogP) is 3.72. The molecule has 2 aliphatic rings. The number of hydrogen-bond acceptors (Lipinski definition) is 6. The summed E-state index contributed by atoms with van der Waals surface area (Å²) in [5.74, 6) is 0.622. The van der Waals surface area contributed by atoms with E-state index in [0.717, 1.165) is 19.3 Å². The van der Waals surface area contributed by atoms with Gasteiger partial charge >= 0.3 is 12.2 Å². The van der Waals surface area contributed by atoms with Crippen LogP contribution in [0.2, 0.25) is 0 Å². The highest BCUT2D eigenvalue weighted by molar-refractivity contribution is 5.70. The largest absolute Gasteiger partial charge is 0.444 e. The van der Waals surface area contributed by atoms with Gasteiger partial charge in [-0.15, -0.1) is 0 Å². The molecule has 29 heavy (non-hydrogen) atoms. The second-order valence-corrected chi connectivity index (χ2v) is 8.75. The number of non-ortho nitro benzene ring substituents is 1. The summed E-state index contributed by atoms with van der Waals surface area (Å²) in [7, 11) is 0. The van der Waals surface area contributed by atoms with Gasteiger partial charge in [0.2, 0.25) is 0 Å². The number of piperidine rings is 1. The van der Waals surface area contributed by atoms with Gasteiger partial charge in [0.15, 0.2) is 0 Å². The van der Waals surface area contributed by atoms with E-state index in [4.69, 9.17) is 9.47 Å². The van der Waals surface area contributed by atoms with E-state index in [9.17, 15) is 19.7 Å². The second-order valence-electron chi connectivity index (χ2n) is 8.75. The summed E-state index contributed by atoms with van der Waals surface area (Å²) in [6.45, 7) is 7.41. The van der Waals surface area contributed by atoms with Gasteiger partial charge < -0.3 is 19.7 Å². The van der Waals surface area contributed by atoms with Gasteiger partial charge in [0, 0.05) is 31.8 Å². The third kappa shape index (κ3) is 5.36. The Bertz CT molecular complexity index is 778. The minimum atomic E-state index is -0.577. The molecule has 0 aromatic heterocycles. The lowest BCUT2D eigenvalue weighted by Crippen LogP contribution is -2.43. The van der Waals surface area contributed by atoms with Crippen molar-refractivity contribution in [2.75, 3.05) is 19.6 Å². The normalized spacial score (nSPS) is 20.1. The van der Waals surface area contributed by atoms with Crippen LogP contribution in [0.15, 0.2) is 24.3 Å². The van der Waals surface area contributed by atoms with E-state index < -0.39 is 16.6 Å². The van der Waals surface area contributed by atoms with Crippen molar-refractivity contribution in [3.05, 3.63) is 34.4 Å². The van der Waals surface area contributed by atoms with Gasteiger partial charge in [0.25, 0.3) is 5.69 Å². The predicted molar refractivity (Wildman–Crippen MR) is 105 cm³/mol. The molecule has 1 aromatic carbocycles. The molecule has 158 valence electrons. The van der Waals surface area contributed by atoms with Crippen molar-refractivity contribution in [2.24, 2.45) is 11.3 Å². The summed E-state index contributed by atoms with van der Waals surface area (Å²) in [5.41, 5.74) is -0.378. The molecular weight excluding hydrogens is 378 g/mol. The Hall–Kier alpha value is -2.84. The molecule has 0 radical (unpaired) electrons. The number of carbonyl (C=O) groups excluding carboxylic acids is 2. The number of likely N-dealkylation sites (tertiary alicyclic amines) is 1. The maximum Gasteiger partial charge on any atom is 0.412 e. The summed E-state index contributed by atoms with van der Waals surface area (Å²) in [6.07, 6.45) is 1.97. The van der Waals surface area contributed by atoms with Crippen molar-refractivity contribution in [3.63, 3.8) is 0 Å². The minimum Gasteiger partial charge on any atom is -0.444 e. The molecule has 1 saturated carbocycles. The van der Waals surface area contributed by atoms with Crippen molar-refractivity contribution < 1.29 is 24.0 Å². The number of nitrogens with zero attached hydrogens (tertiary/aromatic N) is 2.